The number of hydrogen-bond acceptors (Lipinski definition) is 4. The first-order valence-corrected chi connectivity index (χ1v) is 11.7. The van der Waals surface area contributed by atoms with Crippen LogP contribution in [0.1, 0.15) is 28.9 Å². The predicted molar refractivity (Wildman–Crippen MR) is 126 cm³/mol. The van der Waals surface area contributed by atoms with Crippen LogP contribution in [0.25, 0.3) is 10.9 Å². The summed E-state index contributed by atoms with van der Waals surface area (Å²) in [6.07, 6.45) is 1.54. The molecule has 4 aromatic rings. The molecular weight excluding hydrogens is 446 g/mol. The summed E-state index contributed by atoms with van der Waals surface area (Å²) in [5.74, 6) is -0.401. The topological polar surface area (TPSA) is 88.2 Å². The maximum atomic E-state index is 13.2. The minimum absolute atomic E-state index is 0.0420. The summed E-state index contributed by atoms with van der Waals surface area (Å²) < 4.78 is 28.9. The fraction of sp³-hybridized carbons (Fsp3) is 0.0833. The third-order valence-electron chi connectivity index (χ3n) is 5.02. The largest absolute Gasteiger partial charge is 0.345 e. The molecule has 2 N–H and O–H groups in total. The zero-order valence-electron chi connectivity index (χ0n) is 17.1. The Hall–Kier alpha value is -3.42. The van der Waals surface area contributed by atoms with Crippen LogP contribution in [0.5, 0.6) is 0 Å². The molecule has 0 aliphatic carbocycles. The highest BCUT2D eigenvalue weighted by Gasteiger charge is 2.22. The van der Waals surface area contributed by atoms with Gasteiger partial charge in [-0.1, -0.05) is 54.1 Å². The van der Waals surface area contributed by atoms with Gasteiger partial charge < -0.3 is 5.32 Å². The fourth-order valence-corrected chi connectivity index (χ4v) is 4.76. The van der Waals surface area contributed by atoms with E-state index in [4.69, 9.17) is 11.6 Å². The molecule has 1 aromatic heterocycles. The van der Waals surface area contributed by atoms with Gasteiger partial charge in [-0.05, 0) is 48.9 Å². The molecule has 1 heterocycles. The number of nitrogens with one attached hydrogen (secondary N) is 2. The number of carbonyl (C=O) groups excluding carboxylic acids is 1. The first-order valence-electron chi connectivity index (χ1n) is 9.87. The Morgan fingerprint density at radius 2 is 1.66 bits per heavy atom. The number of aromatic nitrogens is 1. The number of carbonyl (C=O) groups is 1. The number of halogens is 1. The van der Waals surface area contributed by atoms with Crippen molar-refractivity contribution in [1.29, 1.82) is 0 Å². The van der Waals surface area contributed by atoms with Gasteiger partial charge >= 0.3 is 0 Å². The van der Waals surface area contributed by atoms with Crippen molar-refractivity contribution < 1.29 is 13.2 Å². The Bertz CT molecular complexity index is 1380. The van der Waals surface area contributed by atoms with Gasteiger partial charge in [-0.15, -0.1) is 0 Å². The second kappa shape index (κ2) is 8.98. The van der Waals surface area contributed by atoms with E-state index in [1.54, 1.807) is 66.9 Å². The van der Waals surface area contributed by atoms with E-state index in [-0.39, 0.29) is 22.2 Å². The lowest BCUT2D eigenvalue weighted by atomic mass is 10.1. The summed E-state index contributed by atoms with van der Waals surface area (Å²) in [6.45, 7) is 1.84. The molecule has 32 heavy (non-hydrogen) atoms. The van der Waals surface area contributed by atoms with Gasteiger partial charge in [0.1, 0.15) is 4.90 Å². The van der Waals surface area contributed by atoms with E-state index in [0.29, 0.717) is 15.9 Å². The van der Waals surface area contributed by atoms with E-state index in [2.05, 4.69) is 15.0 Å². The molecule has 6 nitrogen and oxygen atoms in total. The van der Waals surface area contributed by atoms with Gasteiger partial charge in [0.05, 0.1) is 22.8 Å². The van der Waals surface area contributed by atoms with E-state index in [0.717, 1.165) is 5.56 Å². The van der Waals surface area contributed by atoms with Crippen LogP contribution in [0, 0.1) is 0 Å². The summed E-state index contributed by atoms with van der Waals surface area (Å²) in [7, 11) is -3.99. The number of sulfonamides is 1. The van der Waals surface area contributed by atoms with Crippen LogP contribution in [0.2, 0.25) is 5.02 Å². The van der Waals surface area contributed by atoms with E-state index in [9.17, 15) is 13.2 Å². The normalized spacial score (nSPS) is 12.3. The van der Waals surface area contributed by atoms with Crippen LogP contribution in [0.3, 0.4) is 0 Å². The molecule has 162 valence electrons. The maximum Gasteiger partial charge on any atom is 0.264 e. The average Bonchev–Trinajstić information content (AvgIpc) is 2.79. The van der Waals surface area contributed by atoms with E-state index in [1.165, 1.54) is 6.07 Å². The monoisotopic (exact) mass is 465 g/mol. The van der Waals surface area contributed by atoms with Crippen LogP contribution in [0.4, 0.5) is 5.69 Å². The highest BCUT2D eigenvalue weighted by Crippen LogP contribution is 2.25. The van der Waals surface area contributed by atoms with Crippen molar-refractivity contribution in [1.82, 2.24) is 10.3 Å². The van der Waals surface area contributed by atoms with E-state index in [1.807, 2.05) is 19.1 Å². The van der Waals surface area contributed by atoms with Crippen molar-refractivity contribution in [3.05, 3.63) is 101 Å². The van der Waals surface area contributed by atoms with E-state index < -0.39 is 15.9 Å². The van der Waals surface area contributed by atoms with Gasteiger partial charge in [-0.25, -0.2) is 8.42 Å². The fourth-order valence-electron chi connectivity index (χ4n) is 3.37. The first kappa shape index (κ1) is 21.8. The summed E-state index contributed by atoms with van der Waals surface area (Å²) >= 11 is 5.93. The van der Waals surface area contributed by atoms with Gasteiger partial charge in [0.25, 0.3) is 15.9 Å². The summed E-state index contributed by atoms with van der Waals surface area (Å²) in [6, 6.07) is 21.8. The van der Waals surface area contributed by atoms with Gasteiger partial charge in [-0.3, -0.25) is 14.5 Å². The Morgan fingerprint density at radius 1 is 0.938 bits per heavy atom. The Morgan fingerprint density at radius 3 is 2.44 bits per heavy atom. The highest BCUT2D eigenvalue weighted by atomic mass is 35.5. The first-order chi connectivity index (χ1) is 15.3. The SMILES string of the molecule is C[C@H](NC(=O)c1ccccc1NS(=O)(=O)c1cccc2cccnc12)c1ccc(Cl)cc1. The summed E-state index contributed by atoms with van der Waals surface area (Å²) in [5, 5.41) is 4.21. The van der Waals surface area contributed by atoms with Crippen molar-refractivity contribution >= 4 is 44.1 Å². The molecule has 8 heteroatoms. The molecule has 0 radical (unpaired) electrons. The third kappa shape index (κ3) is 4.59. The number of pyridine rings is 1. The number of rotatable bonds is 6. The van der Waals surface area contributed by atoms with Crippen LogP contribution in [0.15, 0.2) is 90.0 Å². The molecule has 0 saturated heterocycles. The van der Waals surface area contributed by atoms with Crippen molar-refractivity contribution in [3.63, 3.8) is 0 Å². The van der Waals surface area contributed by atoms with Crippen LogP contribution in [-0.2, 0) is 10.0 Å². The second-order valence-corrected chi connectivity index (χ2v) is 9.32. The molecule has 0 unspecified atom stereocenters. The van der Waals surface area contributed by atoms with Gasteiger partial charge in [-0.2, -0.15) is 0 Å². The van der Waals surface area contributed by atoms with Crippen LogP contribution >= 0.6 is 11.6 Å². The van der Waals surface area contributed by atoms with Crippen LogP contribution < -0.4 is 10.0 Å². The molecule has 3 aromatic carbocycles. The van der Waals surface area contributed by atoms with Crippen molar-refractivity contribution in [2.45, 2.75) is 17.9 Å². The van der Waals surface area contributed by atoms with Gasteiger partial charge in [0.2, 0.25) is 0 Å². The van der Waals surface area contributed by atoms with Crippen molar-refractivity contribution in [3.8, 4) is 0 Å². The lowest BCUT2D eigenvalue weighted by Gasteiger charge is -2.17. The smallest absolute Gasteiger partial charge is 0.264 e. The van der Waals surface area contributed by atoms with E-state index >= 15 is 0 Å². The number of nitrogens with zero attached hydrogens (tertiary/aromatic N) is 1. The Balaban J connectivity index is 1.62. The highest BCUT2D eigenvalue weighted by molar-refractivity contribution is 7.93. The molecular formula is C24H20ClN3O3S. The summed E-state index contributed by atoms with van der Waals surface area (Å²) in [5.41, 5.74) is 1.63. The lowest BCUT2D eigenvalue weighted by molar-refractivity contribution is 0.0941. The Kier molecular flexibility index (Phi) is 6.12. The standard InChI is InChI=1S/C24H20ClN3O3S/c1-16(17-11-13-19(25)14-12-17)27-24(29)20-8-2-3-9-21(20)28-32(30,31)22-10-4-6-18-7-5-15-26-23(18)22/h2-16,28H,1H3,(H,27,29)/t16-/m0/s1. The summed E-state index contributed by atoms with van der Waals surface area (Å²) in [4.78, 5) is 17.2. The second-order valence-electron chi connectivity index (χ2n) is 7.23. The van der Waals surface area contributed by atoms with Crippen molar-refractivity contribution in [2.75, 3.05) is 4.72 Å². The number of hydrogen-bond donors (Lipinski definition) is 2. The van der Waals surface area contributed by atoms with Gasteiger partial charge in [0, 0.05) is 16.6 Å². The molecule has 0 saturated carbocycles. The molecule has 0 aliphatic heterocycles. The van der Waals surface area contributed by atoms with Gasteiger partial charge in [0.15, 0.2) is 0 Å². The molecule has 1 amide bonds. The molecule has 4 rings (SSSR count). The number of anilines is 1. The van der Waals surface area contributed by atoms with Crippen molar-refractivity contribution in [2.24, 2.45) is 0 Å². The molecule has 1 atom stereocenters. The minimum atomic E-state index is -3.99. The third-order valence-corrected chi connectivity index (χ3v) is 6.67. The molecule has 0 fully saturated rings. The quantitative estimate of drug-likeness (QED) is 0.410. The molecule has 0 aliphatic rings. The van der Waals surface area contributed by atoms with Crippen LogP contribution in [-0.4, -0.2) is 19.3 Å². The predicted octanol–water partition coefficient (Wildman–Crippen LogP) is 5.18. The lowest BCUT2D eigenvalue weighted by Crippen LogP contribution is -2.28. The number of benzene rings is 3. The zero-order valence-corrected chi connectivity index (χ0v) is 18.7. The average molecular weight is 466 g/mol. The number of fused-ring (bicyclic) bond motifs is 1. The zero-order chi connectivity index (χ0) is 22.7. The minimum Gasteiger partial charge on any atom is -0.345 e. The molecule has 0 spiro atoms. The number of para-hydroxylation sites is 2. The number of amides is 1. The Labute approximate surface area is 191 Å². The molecule has 0 bridgehead atoms. The maximum absolute atomic E-state index is 13.2.